The lowest BCUT2D eigenvalue weighted by Crippen LogP contribution is -2.23. The number of hydrogen-bond acceptors (Lipinski definition) is 5. The van der Waals surface area contributed by atoms with Gasteiger partial charge in [-0.15, -0.1) is 10.2 Å². The Bertz CT molecular complexity index is 803. The van der Waals surface area contributed by atoms with E-state index in [0.29, 0.717) is 29.8 Å². The summed E-state index contributed by atoms with van der Waals surface area (Å²) in [5.41, 5.74) is 1.79. The van der Waals surface area contributed by atoms with Gasteiger partial charge in [-0.2, -0.15) is 0 Å². The molecule has 0 atom stereocenters. The minimum Gasteiger partial charge on any atom is -0.421 e. The van der Waals surface area contributed by atoms with E-state index in [4.69, 9.17) is 16.0 Å². The summed E-state index contributed by atoms with van der Waals surface area (Å²) in [6, 6.07) is 10.8. The van der Waals surface area contributed by atoms with E-state index in [0.717, 1.165) is 11.1 Å². The molecule has 0 aliphatic carbocycles. The molecule has 1 N–H and O–H groups in total. The molecule has 0 bridgehead atoms. The topological polar surface area (TPSA) is 80.9 Å². The third-order valence-electron chi connectivity index (χ3n) is 3.36. The van der Waals surface area contributed by atoms with Crippen molar-refractivity contribution in [2.45, 2.75) is 19.4 Å². The summed E-state index contributed by atoms with van der Waals surface area (Å²) in [4.78, 5) is 15.8. The molecule has 1 aromatic carbocycles. The van der Waals surface area contributed by atoms with Gasteiger partial charge in [0, 0.05) is 42.4 Å². The van der Waals surface area contributed by atoms with Gasteiger partial charge in [0.2, 0.25) is 17.7 Å². The maximum Gasteiger partial charge on any atom is 0.247 e. The zero-order valence-electron chi connectivity index (χ0n) is 12.8. The Kier molecular flexibility index (Phi) is 5.18. The second-order valence-corrected chi connectivity index (χ2v) is 5.58. The molecule has 7 heteroatoms. The molecule has 0 fully saturated rings. The van der Waals surface area contributed by atoms with Crippen LogP contribution >= 0.6 is 11.6 Å². The van der Waals surface area contributed by atoms with Gasteiger partial charge in [0.25, 0.3) is 0 Å². The fourth-order valence-electron chi connectivity index (χ4n) is 2.07. The highest BCUT2D eigenvalue weighted by Crippen LogP contribution is 2.20. The average Bonchev–Trinajstić information content (AvgIpc) is 3.09. The van der Waals surface area contributed by atoms with E-state index in [-0.39, 0.29) is 12.3 Å². The summed E-state index contributed by atoms with van der Waals surface area (Å²) >= 11 is 5.85. The predicted octanol–water partition coefficient (Wildman–Crippen LogP) is 3.03. The fraction of sp³-hybridized carbons (Fsp3) is 0.176. The van der Waals surface area contributed by atoms with Crippen molar-refractivity contribution in [3.63, 3.8) is 0 Å². The summed E-state index contributed by atoms with van der Waals surface area (Å²) in [6.45, 7) is 0.473. The van der Waals surface area contributed by atoms with Crippen molar-refractivity contribution in [3.8, 4) is 11.5 Å². The van der Waals surface area contributed by atoms with E-state index in [1.807, 2.05) is 12.1 Å². The highest BCUT2D eigenvalue weighted by Gasteiger charge is 2.10. The van der Waals surface area contributed by atoms with Crippen LogP contribution in [0.15, 0.2) is 53.2 Å². The van der Waals surface area contributed by atoms with Gasteiger partial charge in [-0.05, 0) is 42.0 Å². The van der Waals surface area contributed by atoms with E-state index >= 15 is 0 Å². The molecular formula is C17H15ClN4O2. The molecular weight excluding hydrogens is 328 g/mol. The summed E-state index contributed by atoms with van der Waals surface area (Å²) in [5, 5.41) is 11.4. The number of halogens is 1. The second kappa shape index (κ2) is 7.70. The van der Waals surface area contributed by atoms with E-state index in [1.54, 1.807) is 36.7 Å². The molecule has 24 heavy (non-hydrogen) atoms. The third kappa shape index (κ3) is 4.39. The molecule has 3 aromatic rings. The molecule has 0 saturated heterocycles. The Balaban J connectivity index is 1.50. The molecule has 3 rings (SSSR count). The first kappa shape index (κ1) is 16.1. The fourth-order valence-corrected chi connectivity index (χ4v) is 2.20. The van der Waals surface area contributed by atoms with Crippen LogP contribution in [0.3, 0.4) is 0 Å². The van der Waals surface area contributed by atoms with Crippen molar-refractivity contribution in [1.29, 1.82) is 0 Å². The minimum atomic E-state index is -0.0712. The first-order chi connectivity index (χ1) is 11.7. The first-order valence-electron chi connectivity index (χ1n) is 7.44. The highest BCUT2D eigenvalue weighted by atomic mass is 35.5. The molecule has 122 valence electrons. The van der Waals surface area contributed by atoms with E-state index in [1.165, 1.54) is 0 Å². The Morgan fingerprint density at radius 2 is 1.83 bits per heavy atom. The van der Waals surface area contributed by atoms with E-state index < -0.39 is 0 Å². The van der Waals surface area contributed by atoms with Gasteiger partial charge in [0.15, 0.2) is 0 Å². The third-order valence-corrected chi connectivity index (χ3v) is 3.61. The van der Waals surface area contributed by atoms with E-state index in [9.17, 15) is 4.79 Å². The summed E-state index contributed by atoms with van der Waals surface area (Å²) in [5.74, 6) is 0.774. The number of carbonyl (C=O) groups is 1. The molecule has 0 spiro atoms. The zero-order chi connectivity index (χ0) is 16.8. The van der Waals surface area contributed by atoms with Crippen LogP contribution in [0.25, 0.3) is 11.5 Å². The number of amides is 1. The lowest BCUT2D eigenvalue weighted by atomic mass is 10.2. The van der Waals surface area contributed by atoms with Gasteiger partial charge < -0.3 is 9.73 Å². The van der Waals surface area contributed by atoms with Crippen LogP contribution in [0, 0.1) is 0 Å². The first-order valence-corrected chi connectivity index (χ1v) is 7.82. The van der Waals surface area contributed by atoms with Gasteiger partial charge in [-0.25, -0.2) is 0 Å². The van der Waals surface area contributed by atoms with Crippen LogP contribution < -0.4 is 5.32 Å². The highest BCUT2D eigenvalue weighted by molar-refractivity contribution is 6.30. The van der Waals surface area contributed by atoms with Gasteiger partial charge >= 0.3 is 0 Å². The molecule has 1 amide bonds. The van der Waals surface area contributed by atoms with Crippen LogP contribution in [0.2, 0.25) is 5.02 Å². The molecule has 0 aliphatic rings. The van der Waals surface area contributed by atoms with Crippen molar-refractivity contribution in [1.82, 2.24) is 20.5 Å². The Morgan fingerprint density at radius 1 is 1.08 bits per heavy atom. The van der Waals surface area contributed by atoms with Crippen LogP contribution in [-0.2, 0) is 17.8 Å². The number of rotatable bonds is 6. The molecule has 0 saturated carbocycles. The maximum absolute atomic E-state index is 11.9. The lowest BCUT2D eigenvalue weighted by molar-refractivity contribution is -0.121. The molecule has 0 aliphatic heterocycles. The predicted molar refractivity (Wildman–Crippen MR) is 89.1 cm³/mol. The van der Waals surface area contributed by atoms with Crippen LogP contribution in [0.5, 0.6) is 0 Å². The van der Waals surface area contributed by atoms with Crippen LogP contribution in [0.4, 0.5) is 0 Å². The molecule has 0 radical (unpaired) electrons. The minimum absolute atomic E-state index is 0.0712. The van der Waals surface area contributed by atoms with Gasteiger partial charge in [0.05, 0.1) is 0 Å². The number of benzene rings is 1. The van der Waals surface area contributed by atoms with Crippen LogP contribution in [0.1, 0.15) is 17.9 Å². The normalized spacial score (nSPS) is 10.5. The number of hydrogen-bond donors (Lipinski definition) is 1. The molecule has 2 heterocycles. The standard InChI is InChI=1S/C17H15ClN4O2/c18-14-3-1-13(2-4-14)17-22-21-16(24-17)6-5-15(23)20-11-12-7-9-19-10-8-12/h1-4,7-10H,5-6,11H2,(H,20,23). The molecule has 2 aromatic heterocycles. The largest absolute Gasteiger partial charge is 0.421 e. The number of pyridine rings is 1. The number of aromatic nitrogens is 3. The monoisotopic (exact) mass is 342 g/mol. The Labute approximate surface area is 143 Å². The number of nitrogens with one attached hydrogen (secondary N) is 1. The summed E-state index contributed by atoms with van der Waals surface area (Å²) in [7, 11) is 0. The van der Waals surface area contributed by atoms with Crippen molar-refractivity contribution >= 4 is 17.5 Å². The second-order valence-electron chi connectivity index (χ2n) is 5.14. The van der Waals surface area contributed by atoms with Crippen molar-refractivity contribution in [2.24, 2.45) is 0 Å². The number of aryl methyl sites for hydroxylation is 1. The van der Waals surface area contributed by atoms with Crippen molar-refractivity contribution in [2.75, 3.05) is 0 Å². The Hall–Kier alpha value is -2.73. The van der Waals surface area contributed by atoms with E-state index in [2.05, 4.69) is 20.5 Å². The summed E-state index contributed by atoms with van der Waals surface area (Å²) < 4.78 is 5.57. The Morgan fingerprint density at radius 3 is 2.58 bits per heavy atom. The van der Waals surface area contributed by atoms with Crippen molar-refractivity contribution in [3.05, 3.63) is 65.3 Å². The molecule has 6 nitrogen and oxygen atoms in total. The number of nitrogens with zero attached hydrogens (tertiary/aromatic N) is 3. The average molecular weight is 343 g/mol. The van der Waals surface area contributed by atoms with Crippen molar-refractivity contribution < 1.29 is 9.21 Å². The zero-order valence-corrected chi connectivity index (χ0v) is 13.5. The van der Waals surface area contributed by atoms with Gasteiger partial charge in [0.1, 0.15) is 0 Å². The summed E-state index contributed by atoms with van der Waals surface area (Å²) in [6.07, 6.45) is 4.06. The SMILES string of the molecule is O=C(CCc1nnc(-c2ccc(Cl)cc2)o1)NCc1ccncc1. The smallest absolute Gasteiger partial charge is 0.247 e. The molecule has 0 unspecified atom stereocenters. The lowest BCUT2D eigenvalue weighted by Gasteiger charge is -2.03. The number of carbonyl (C=O) groups excluding carboxylic acids is 1. The van der Waals surface area contributed by atoms with Gasteiger partial charge in [-0.3, -0.25) is 9.78 Å². The van der Waals surface area contributed by atoms with Gasteiger partial charge in [-0.1, -0.05) is 11.6 Å². The van der Waals surface area contributed by atoms with Crippen LogP contribution in [-0.4, -0.2) is 21.1 Å². The quantitative estimate of drug-likeness (QED) is 0.744. The maximum atomic E-state index is 11.9.